The summed E-state index contributed by atoms with van der Waals surface area (Å²) in [5.41, 5.74) is 2.71. The standard InChI is InChI=1S/C17H19Br2N/c1-2-20-16(11-13-6-5-8-15(18)10-13)12-14-7-3-4-9-17(14)19/h3-10,16,20H,2,11-12H2,1H3. The second kappa shape index (κ2) is 7.96. The molecule has 2 aromatic rings. The van der Waals surface area contributed by atoms with E-state index in [4.69, 9.17) is 0 Å². The lowest BCUT2D eigenvalue weighted by atomic mass is 9.99. The summed E-state index contributed by atoms with van der Waals surface area (Å²) in [5, 5.41) is 3.59. The first kappa shape index (κ1) is 15.7. The zero-order valence-corrected chi connectivity index (χ0v) is 14.7. The minimum Gasteiger partial charge on any atom is -0.314 e. The Labute approximate surface area is 138 Å². The van der Waals surface area contributed by atoms with Gasteiger partial charge in [0.05, 0.1) is 0 Å². The van der Waals surface area contributed by atoms with Crippen molar-refractivity contribution < 1.29 is 0 Å². The van der Waals surface area contributed by atoms with Crippen LogP contribution in [-0.4, -0.2) is 12.6 Å². The molecule has 0 heterocycles. The van der Waals surface area contributed by atoms with Crippen LogP contribution in [0.2, 0.25) is 0 Å². The Hall–Kier alpha value is -0.640. The van der Waals surface area contributed by atoms with Gasteiger partial charge in [-0.3, -0.25) is 0 Å². The lowest BCUT2D eigenvalue weighted by molar-refractivity contribution is 0.520. The molecule has 1 nitrogen and oxygen atoms in total. The zero-order valence-electron chi connectivity index (χ0n) is 11.6. The second-order valence-electron chi connectivity index (χ2n) is 4.88. The monoisotopic (exact) mass is 395 g/mol. The molecule has 0 aliphatic rings. The summed E-state index contributed by atoms with van der Waals surface area (Å²) in [7, 11) is 0. The molecular weight excluding hydrogens is 378 g/mol. The van der Waals surface area contributed by atoms with Crippen molar-refractivity contribution in [3.05, 3.63) is 68.6 Å². The highest BCUT2D eigenvalue weighted by molar-refractivity contribution is 9.10. The summed E-state index contributed by atoms with van der Waals surface area (Å²) >= 11 is 7.18. The van der Waals surface area contributed by atoms with E-state index in [0.29, 0.717) is 6.04 Å². The van der Waals surface area contributed by atoms with Crippen LogP contribution in [0.1, 0.15) is 18.1 Å². The third-order valence-corrected chi connectivity index (χ3v) is 4.55. The lowest BCUT2D eigenvalue weighted by Crippen LogP contribution is -2.33. The summed E-state index contributed by atoms with van der Waals surface area (Å²) in [6.07, 6.45) is 2.07. The van der Waals surface area contributed by atoms with Crippen LogP contribution in [0.15, 0.2) is 57.5 Å². The molecule has 0 radical (unpaired) electrons. The maximum absolute atomic E-state index is 3.64. The minimum atomic E-state index is 0.452. The predicted molar refractivity (Wildman–Crippen MR) is 93.2 cm³/mol. The number of nitrogens with one attached hydrogen (secondary N) is 1. The van der Waals surface area contributed by atoms with Gasteiger partial charge in [0, 0.05) is 15.0 Å². The van der Waals surface area contributed by atoms with Crippen molar-refractivity contribution in [3.8, 4) is 0 Å². The van der Waals surface area contributed by atoms with Gasteiger partial charge in [-0.05, 0) is 48.7 Å². The number of hydrogen-bond donors (Lipinski definition) is 1. The quantitative estimate of drug-likeness (QED) is 0.726. The molecule has 2 rings (SSSR count). The van der Waals surface area contributed by atoms with Gasteiger partial charge in [0.15, 0.2) is 0 Å². The first-order valence-electron chi connectivity index (χ1n) is 6.90. The maximum atomic E-state index is 3.64. The summed E-state index contributed by atoms with van der Waals surface area (Å²) < 4.78 is 2.34. The minimum absolute atomic E-state index is 0.452. The van der Waals surface area contributed by atoms with E-state index in [9.17, 15) is 0 Å². The molecule has 0 aliphatic carbocycles. The number of rotatable bonds is 6. The van der Waals surface area contributed by atoms with Gasteiger partial charge in [-0.15, -0.1) is 0 Å². The predicted octanol–water partition coefficient (Wildman–Crippen LogP) is 4.97. The summed E-state index contributed by atoms with van der Waals surface area (Å²) in [6, 6.07) is 17.5. The highest BCUT2D eigenvalue weighted by atomic mass is 79.9. The number of hydrogen-bond acceptors (Lipinski definition) is 1. The van der Waals surface area contributed by atoms with Crippen molar-refractivity contribution in [3.63, 3.8) is 0 Å². The molecule has 106 valence electrons. The van der Waals surface area contributed by atoms with Gasteiger partial charge in [-0.25, -0.2) is 0 Å². The van der Waals surface area contributed by atoms with E-state index in [1.165, 1.54) is 15.6 Å². The molecule has 0 aliphatic heterocycles. The van der Waals surface area contributed by atoms with Crippen LogP contribution in [-0.2, 0) is 12.8 Å². The summed E-state index contributed by atoms with van der Waals surface area (Å²) in [5.74, 6) is 0. The van der Waals surface area contributed by atoms with Gasteiger partial charge >= 0.3 is 0 Å². The fourth-order valence-electron chi connectivity index (χ4n) is 2.38. The molecule has 2 aromatic carbocycles. The summed E-state index contributed by atoms with van der Waals surface area (Å²) in [4.78, 5) is 0. The highest BCUT2D eigenvalue weighted by Crippen LogP contribution is 2.19. The molecule has 0 spiro atoms. The van der Waals surface area contributed by atoms with E-state index in [0.717, 1.165) is 23.9 Å². The first-order chi connectivity index (χ1) is 9.69. The fraction of sp³-hybridized carbons (Fsp3) is 0.294. The lowest BCUT2D eigenvalue weighted by Gasteiger charge is -2.19. The Morgan fingerprint density at radius 2 is 1.80 bits per heavy atom. The molecule has 0 bridgehead atoms. The molecule has 0 saturated carbocycles. The van der Waals surface area contributed by atoms with Crippen LogP contribution in [0, 0.1) is 0 Å². The van der Waals surface area contributed by atoms with Gasteiger partial charge in [0.2, 0.25) is 0 Å². The van der Waals surface area contributed by atoms with Crippen LogP contribution in [0.25, 0.3) is 0 Å². The van der Waals surface area contributed by atoms with E-state index >= 15 is 0 Å². The number of likely N-dealkylation sites (N-methyl/N-ethyl adjacent to an activating group) is 1. The van der Waals surface area contributed by atoms with E-state index in [2.05, 4.69) is 92.6 Å². The Morgan fingerprint density at radius 3 is 2.50 bits per heavy atom. The molecule has 0 saturated heterocycles. The molecule has 1 unspecified atom stereocenters. The van der Waals surface area contributed by atoms with Crippen LogP contribution in [0.4, 0.5) is 0 Å². The fourth-order valence-corrected chi connectivity index (χ4v) is 3.28. The van der Waals surface area contributed by atoms with Crippen molar-refractivity contribution in [1.29, 1.82) is 0 Å². The molecule has 1 N–H and O–H groups in total. The molecule has 0 fully saturated rings. The van der Waals surface area contributed by atoms with Crippen LogP contribution in [0.5, 0.6) is 0 Å². The zero-order chi connectivity index (χ0) is 14.4. The van der Waals surface area contributed by atoms with Crippen molar-refractivity contribution >= 4 is 31.9 Å². The van der Waals surface area contributed by atoms with Crippen molar-refractivity contribution in [1.82, 2.24) is 5.32 Å². The smallest absolute Gasteiger partial charge is 0.0207 e. The van der Waals surface area contributed by atoms with Crippen LogP contribution >= 0.6 is 31.9 Å². The topological polar surface area (TPSA) is 12.0 Å². The first-order valence-corrected chi connectivity index (χ1v) is 8.49. The largest absolute Gasteiger partial charge is 0.314 e. The third kappa shape index (κ3) is 4.72. The number of halogens is 2. The average Bonchev–Trinajstić information content (AvgIpc) is 2.42. The van der Waals surface area contributed by atoms with E-state index in [1.54, 1.807) is 0 Å². The van der Waals surface area contributed by atoms with Crippen LogP contribution < -0.4 is 5.32 Å². The SMILES string of the molecule is CCNC(Cc1cccc(Br)c1)Cc1ccccc1Br. The molecule has 1 atom stereocenters. The normalized spacial score (nSPS) is 12.3. The van der Waals surface area contributed by atoms with Gasteiger partial charge in [-0.1, -0.05) is 69.1 Å². The number of benzene rings is 2. The van der Waals surface area contributed by atoms with Gasteiger partial charge in [0.1, 0.15) is 0 Å². The Bertz CT molecular complexity index is 554. The van der Waals surface area contributed by atoms with Gasteiger partial charge in [0.25, 0.3) is 0 Å². The van der Waals surface area contributed by atoms with Gasteiger partial charge < -0.3 is 5.32 Å². The van der Waals surface area contributed by atoms with E-state index < -0.39 is 0 Å². The molecule has 0 aromatic heterocycles. The average molecular weight is 397 g/mol. The second-order valence-corrected chi connectivity index (χ2v) is 6.65. The van der Waals surface area contributed by atoms with E-state index in [1.807, 2.05) is 0 Å². The van der Waals surface area contributed by atoms with Crippen molar-refractivity contribution in [2.24, 2.45) is 0 Å². The van der Waals surface area contributed by atoms with Crippen molar-refractivity contribution in [2.75, 3.05) is 6.54 Å². The highest BCUT2D eigenvalue weighted by Gasteiger charge is 2.11. The molecule has 20 heavy (non-hydrogen) atoms. The third-order valence-electron chi connectivity index (χ3n) is 3.29. The van der Waals surface area contributed by atoms with Crippen molar-refractivity contribution in [2.45, 2.75) is 25.8 Å². The molecule has 3 heteroatoms. The Kier molecular flexibility index (Phi) is 6.27. The molecular formula is C17H19Br2N. The summed E-state index contributed by atoms with van der Waals surface area (Å²) in [6.45, 7) is 3.15. The molecule has 0 amide bonds. The van der Waals surface area contributed by atoms with Crippen LogP contribution in [0.3, 0.4) is 0 Å². The Morgan fingerprint density at radius 1 is 1.00 bits per heavy atom. The Balaban J connectivity index is 2.09. The maximum Gasteiger partial charge on any atom is 0.0207 e. The van der Waals surface area contributed by atoms with Gasteiger partial charge in [-0.2, -0.15) is 0 Å². The van der Waals surface area contributed by atoms with E-state index in [-0.39, 0.29) is 0 Å².